The summed E-state index contributed by atoms with van der Waals surface area (Å²) in [7, 11) is -0.735. The van der Waals surface area contributed by atoms with Crippen molar-refractivity contribution in [3.05, 3.63) is 35.9 Å². The van der Waals surface area contributed by atoms with Gasteiger partial charge in [-0.25, -0.2) is 0 Å². The zero-order valence-electron chi connectivity index (χ0n) is 11.8. The highest BCUT2D eigenvalue weighted by Gasteiger charge is 2.21. The summed E-state index contributed by atoms with van der Waals surface area (Å²) in [6.45, 7) is 6.16. The number of nitrogens with zero attached hydrogens (tertiary/aromatic N) is 1. The highest BCUT2D eigenvalue weighted by Crippen LogP contribution is 2.17. The van der Waals surface area contributed by atoms with Crippen LogP contribution in [0, 0.1) is 0 Å². The van der Waals surface area contributed by atoms with Crippen molar-refractivity contribution in [2.45, 2.75) is 24.6 Å². The Labute approximate surface area is 118 Å². The van der Waals surface area contributed by atoms with Crippen LogP contribution in [-0.2, 0) is 10.8 Å². The molecule has 1 aliphatic rings. The van der Waals surface area contributed by atoms with Crippen molar-refractivity contribution in [2.75, 3.05) is 32.4 Å². The second-order valence-corrected chi connectivity index (χ2v) is 7.14. The molecule has 1 aromatic rings. The molecule has 1 fully saturated rings. The van der Waals surface area contributed by atoms with Crippen molar-refractivity contribution < 1.29 is 4.21 Å². The molecule has 106 valence electrons. The Kier molecular flexibility index (Phi) is 5.55. The molecule has 0 bridgehead atoms. The molecule has 1 heterocycles. The van der Waals surface area contributed by atoms with Crippen LogP contribution in [0.25, 0.3) is 0 Å². The highest BCUT2D eigenvalue weighted by atomic mass is 32.2. The van der Waals surface area contributed by atoms with Crippen LogP contribution in [-0.4, -0.2) is 46.8 Å². The molecule has 1 saturated heterocycles. The fraction of sp³-hybridized carbons (Fsp3) is 0.600. The minimum absolute atomic E-state index is 0.245. The third kappa shape index (κ3) is 4.41. The third-order valence-electron chi connectivity index (χ3n) is 3.77. The number of hydrogen-bond donors (Lipinski definition) is 1. The first-order chi connectivity index (χ1) is 9.16. The molecule has 4 heteroatoms. The van der Waals surface area contributed by atoms with E-state index in [0.29, 0.717) is 6.04 Å². The molecule has 1 aromatic carbocycles. The largest absolute Gasteiger partial charge is 0.309 e. The molecule has 0 saturated carbocycles. The summed E-state index contributed by atoms with van der Waals surface area (Å²) in [4.78, 5) is 2.45. The zero-order valence-corrected chi connectivity index (χ0v) is 12.7. The van der Waals surface area contributed by atoms with Crippen LogP contribution in [0.2, 0.25) is 0 Å². The van der Waals surface area contributed by atoms with Gasteiger partial charge >= 0.3 is 0 Å². The fourth-order valence-electron chi connectivity index (χ4n) is 2.54. The van der Waals surface area contributed by atoms with Gasteiger partial charge in [-0.2, -0.15) is 0 Å². The summed E-state index contributed by atoms with van der Waals surface area (Å²) in [5.74, 6) is 0. The summed E-state index contributed by atoms with van der Waals surface area (Å²) in [5.41, 5.74) is 1.35. The van der Waals surface area contributed by atoms with Gasteiger partial charge in [0.05, 0.1) is 0 Å². The smallest absolute Gasteiger partial charge is 0.0449 e. The first kappa shape index (κ1) is 14.7. The van der Waals surface area contributed by atoms with Gasteiger partial charge in [-0.3, -0.25) is 4.21 Å². The Morgan fingerprint density at radius 2 is 2.16 bits per heavy atom. The monoisotopic (exact) mass is 280 g/mol. The average Bonchev–Trinajstić information content (AvgIpc) is 2.65. The van der Waals surface area contributed by atoms with E-state index in [1.54, 1.807) is 6.26 Å². The Hall–Kier alpha value is -0.710. The van der Waals surface area contributed by atoms with E-state index in [9.17, 15) is 4.21 Å². The molecule has 3 unspecified atom stereocenters. The van der Waals surface area contributed by atoms with E-state index in [-0.39, 0.29) is 5.25 Å². The molecular weight excluding hydrogens is 256 g/mol. The Morgan fingerprint density at radius 1 is 1.42 bits per heavy atom. The molecule has 0 aromatic heterocycles. The minimum Gasteiger partial charge on any atom is -0.309 e. The van der Waals surface area contributed by atoms with Crippen molar-refractivity contribution >= 4 is 10.8 Å². The van der Waals surface area contributed by atoms with Gasteiger partial charge in [0.15, 0.2) is 0 Å². The summed E-state index contributed by atoms with van der Waals surface area (Å²) in [6.07, 6.45) is 2.96. The molecular formula is C15H24N2OS. The number of rotatable bonds is 4. The second-order valence-electron chi connectivity index (χ2n) is 5.34. The van der Waals surface area contributed by atoms with E-state index in [1.807, 2.05) is 0 Å². The maximum atomic E-state index is 11.5. The van der Waals surface area contributed by atoms with Crippen molar-refractivity contribution in [3.8, 4) is 0 Å². The topological polar surface area (TPSA) is 32.3 Å². The second kappa shape index (κ2) is 7.17. The van der Waals surface area contributed by atoms with E-state index in [0.717, 1.165) is 32.6 Å². The maximum absolute atomic E-state index is 11.5. The minimum atomic E-state index is -0.735. The lowest BCUT2D eigenvalue weighted by Gasteiger charge is -2.26. The van der Waals surface area contributed by atoms with Gasteiger partial charge in [-0.15, -0.1) is 0 Å². The first-order valence-corrected chi connectivity index (χ1v) is 8.62. The van der Waals surface area contributed by atoms with E-state index in [1.165, 1.54) is 5.56 Å². The number of nitrogens with one attached hydrogen (secondary N) is 1. The molecule has 0 amide bonds. The van der Waals surface area contributed by atoms with Crippen molar-refractivity contribution in [3.63, 3.8) is 0 Å². The summed E-state index contributed by atoms with van der Waals surface area (Å²) in [5, 5.41) is 3.86. The first-order valence-electron chi connectivity index (χ1n) is 6.99. The van der Waals surface area contributed by atoms with E-state index < -0.39 is 10.8 Å². The van der Waals surface area contributed by atoms with Crippen LogP contribution in [0.4, 0.5) is 0 Å². The Morgan fingerprint density at radius 3 is 2.84 bits per heavy atom. The predicted molar refractivity (Wildman–Crippen MR) is 81.8 cm³/mol. The molecule has 3 atom stereocenters. The van der Waals surface area contributed by atoms with Gasteiger partial charge in [0.2, 0.25) is 0 Å². The highest BCUT2D eigenvalue weighted by molar-refractivity contribution is 7.84. The van der Waals surface area contributed by atoms with Gasteiger partial charge in [0.25, 0.3) is 0 Å². The Balaban J connectivity index is 2.01. The van der Waals surface area contributed by atoms with E-state index in [2.05, 4.69) is 47.5 Å². The van der Waals surface area contributed by atoms with Crippen molar-refractivity contribution in [1.29, 1.82) is 0 Å². The van der Waals surface area contributed by atoms with Crippen LogP contribution in [0.15, 0.2) is 30.3 Å². The number of benzene rings is 1. The normalized spacial score (nSPS) is 24.6. The van der Waals surface area contributed by atoms with Crippen LogP contribution in [0.3, 0.4) is 0 Å². The van der Waals surface area contributed by atoms with E-state index >= 15 is 0 Å². The lowest BCUT2D eigenvalue weighted by atomic mass is 10.1. The maximum Gasteiger partial charge on any atom is 0.0449 e. The van der Waals surface area contributed by atoms with Gasteiger partial charge in [-0.1, -0.05) is 30.3 Å². The quantitative estimate of drug-likeness (QED) is 0.912. The summed E-state index contributed by atoms with van der Waals surface area (Å²) in [6, 6.07) is 11.0. The van der Waals surface area contributed by atoms with Gasteiger partial charge < -0.3 is 10.2 Å². The SMILES string of the molecule is CC(CN1CCCNC(c2ccccc2)C1)S(C)=O. The molecule has 1 aliphatic heterocycles. The summed E-state index contributed by atoms with van der Waals surface area (Å²) >= 11 is 0. The van der Waals surface area contributed by atoms with Crippen LogP contribution in [0.5, 0.6) is 0 Å². The molecule has 3 nitrogen and oxygen atoms in total. The Bertz CT molecular complexity index is 410. The lowest BCUT2D eigenvalue weighted by Crippen LogP contribution is -2.37. The third-order valence-corrected chi connectivity index (χ3v) is 5.05. The average molecular weight is 280 g/mol. The number of hydrogen-bond acceptors (Lipinski definition) is 3. The van der Waals surface area contributed by atoms with Crippen LogP contribution >= 0.6 is 0 Å². The van der Waals surface area contributed by atoms with Crippen LogP contribution < -0.4 is 5.32 Å². The van der Waals surface area contributed by atoms with Crippen molar-refractivity contribution in [1.82, 2.24) is 10.2 Å². The van der Waals surface area contributed by atoms with Gasteiger partial charge in [0.1, 0.15) is 0 Å². The predicted octanol–water partition coefficient (Wildman–Crippen LogP) is 1.79. The molecule has 2 rings (SSSR count). The fourth-order valence-corrected chi connectivity index (χ4v) is 2.96. The standard InChI is InChI=1S/C15H24N2OS/c1-13(19(2)18)11-17-10-6-9-16-15(12-17)14-7-4-3-5-8-14/h3-5,7-8,13,15-16H,6,9-12H2,1-2H3. The van der Waals surface area contributed by atoms with Crippen LogP contribution in [0.1, 0.15) is 24.9 Å². The van der Waals surface area contributed by atoms with Crippen molar-refractivity contribution in [2.24, 2.45) is 0 Å². The van der Waals surface area contributed by atoms with E-state index in [4.69, 9.17) is 0 Å². The zero-order chi connectivity index (χ0) is 13.7. The molecule has 19 heavy (non-hydrogen) atoms. The lowest BCUT2D eigenvalue weighted by molar-refractivity contribution is 0.271. The molecule has 0 spiro atoms. The molecule has 0 aliphatic carbocycles. The van der Waals surface area contributed by atoms with Gasteiger partial charge in [-0.05, 0) is 32.0 Å². The molecule has 0 radical (unpaired) electrons. The molecule has 1 N–H and O–H groups in total. The van der Waals surface area contributed by atoms with Gasteiger partial charge in [0, 0.05) is 41.4 Å². The summed E-state index contributed by atoms with van der Waals surface area (Å²) < 4.78 is 11.5.